The smallest absolute Gasteiger partial charge is 0.254 e. The number of anilines is 1. The first-order valence-electron chi connectivity index (χ1n) is 13.4. The van der Waals surface area contributed by atoms with Gasteiger partial charge in [-0.3, -0.25) is 9.59 Å². The van der Waals surface area contributed by atoms with Crippen LogP contribution in [-0.4, -0.2) is 83.8 Å². The lowest BCUT2D eigenvalue weighted by Gasteiger charge is -2.36. The van der Waals surface area contributed by atoms with Crippen LogP contribution in [-0.2, 0) is 9.53 Å². The first kappa shape index (κ1) is 25.9. The molecule has 2 aliphatic heterocycles. The normalized spacial score (nSPS) is 17.5. The molecule has 1 atom stereocenters. The highest BCUT2D eigenvalue weighted by Gasteiger charge is 2.28. The zero-order valence-corrected chi connectivity index (χ0v) is 22.2. The van der Waals surface area contributed by atoms with Gasteiger partial charge in [-0.2, -0.15) is 0 Å². The van der Waals surface area contributed by atoms with Crippen molar-refractivity contribution >= 4 is 17.6 Å². The Hall–Kier alpha value is -3.78. The molecule has 0 bridgehead atoms. The van der Waals surface area contributed by atoms with E-state index in [9.17, 15) is 9.59 Å². The molecule has 0 unspecified atom stereocenters. The maximum Gasteiger partial charge on any atom is 0.254 e. The monoisotopic (exact) mass is 513 g/mol. The number of hydrogen-bond donors (Lipinski definition) is 0. The number of aryl methyl sites for hydroxylation is 2. The van der Waals surface area contributed by atoms with Gasteiger partial charge in [0.1, 0.15) is 6.54 Å². The van der Waals surface area contributed by atoms with Gasteiger partial charge in [0, 0.05) is 50.5 Å². The van der Waals surface area contributed by atoms with E-state index in [4.69, 9.17) is 4.74 Å². The minimum Gasteiger partial charge on any atom is -0.376 e. The molecule has 198 valence electrons. The van der Waals surface area contributed by atoms with E-state index in [0.717, 1.165) is 35.5 Å². The van der Waals surface area contributed by atoms with Crippen LogP contribution in [0.5, 0.6) is 0 Å². The van der Waals surface area contributed by atoms with Gasteiger partial charge in [-0.25, -0.2) is 0 Å². The van der Waals surface area contributed by atoms with Gasteiger partial charge >= 0.3 is 0 Å². The van der Waals surface area contributed by atoms with Gasteiger partial charge in [0.25, 0.3) is 5.91 Å². The molecule has 3 aromatic rings. The van der Waals surface area contributed by atoms with E-state index in [1.807, 2.05) is 48.2 Å². The average molecular weight is 514 g/mol. The second-order valence-electron chi connectivity index (χ2n) is 10.2. The minimum atomic E-state index is -0.128. The molecule has 38 heavy (non-hydrogen) atoms. The van der Waals surface area contributed by atoms with E-state index in [1.54, 1.807) is 4.90 Å². The van der Waals surface area contributed by atoms with Crippen LogP contribution in [0.2, 0.25) is 0 Å². The lowest BCUT2D eigenvalue weighted by atomic mass is 10.1. The molecule has 0 saturated carbocycles. The van der Waals surface area contributed by atoms with Gasteiger partial charge in [0.05, 0.1) is 11.8 Å². The topological polar surface area (TPSA) is 78.9 Å². The van der Waals surface area contributed by atoms with Crippen molar-refractivity contribution in [3.8, 4) is 11.3 Å². The van der Waals surface area contributed by atoms with E-state index in [1.165, 1.54) is 5.56 Å². The summed E-state index contributed by atoms with van der Waals surface area (Å²) < 4.78 is 5.78. The highest BCUT2D eigenvalue weighted by Crippen LogP contribution is 2.20. The number of carbonyl (C=O) groups is 2. The lowest BCUT2D eigenvalue weighted by molar-refractivity contribution is -0.132. The summed E-state index contributed by atoms with van der Waals surface area (Å²) in [5, 5.41) is 8.87. The van der Waals surface area contributed by atoms with Crippen molar-refractivity contribution in [3.05, 3.63) is 77.4 Å². The number of rotatable bonds is 7. The number of hydrogen-bond acceptors (Lipinski definition) is 6. The highest BCUT2D eigenvalue weighted by molar-refractivity contribution is 5.96. The summed E-state index contributed by atoms with van der Waals surface area (Å²) in [4.78, 5) is 32.3. The van der Waals surface area contributed by atoms with Gasteiger partial charge in [-0.1, -0.05) is 47.5 Å². The molecular weight excluding hydrogens is 478 g/mol. The third-order valence-electron chi connectivity index (χ3n) is 7.31. The van der Waals surface area contributed by atoms with Gasteiger partial charge in [-0.05, 0) is 51.0 Å². The molecule has 2 saturated heterocycles. The van der Waals surface area contributed by atoms with E-state index in [2.05, 4.69) is 46.3 Å². The fraction of sp³-hybridized carbons (Fsp3) is 0.400. The van der Waals surface area contributed by atoms with Crippen molar-refractivity contribution in [1.29, 1.82) is 0 Å². The molecule has 0 aliphatic carbocycles. The van der Waals surface area contributed by atoms with Gasteiger partial charge < -0.3 is 19.4 Å². The fourth-order valence-corrected chi connectivity index (χ4v) is 4.95. The van der Waals surface area contributed by atoms with Crippen LogP contribution >= 0.6 is 0 Å². The average Bonchev–Trinajstić information content (AvgIpc) is 3.47. The van der Waals surface area contributed by atoms with Crippen LogP contribution in [0.25, 0.3) is 11.3 Å². The Kier molecular flexibility index (Phi) is 7.98. The van der Waals surface area contributed by atoms with E-state index < -0.39 is 0 Å². The van der Waals surface area contributed by atoms with Gasteiger partial charge in [-0.15, -0.1) is 10.2 Å². The van der Waals surface area contributed by atoms with Crippen LogP contribution in [0.3, 0.4) is 0 Å². The molecule has 5 rings (SSSR count). The Bertz CT molecular complexity index is 1230. The molecule has 0 N–H and O–H groups in total. The predicted octanol–water partition coefficient (Wildman–Crippen LogP) is 3.73. The molecule has 0 radical (unpaired) electrons. The summed E-state index contributed by atoms with van der Waals surface area (Å²) >= 11 is 0. The van der Waals surface area contributed by atoms with E-state index in [0.29, 0.717) is 44.9 Å². The largest absolute Gasteiger partial charge is 0.376 e. The van der Waals surface area contributed by atoms with Crippen molar-refractivity contribution in [2.45, 2.75) is 32.8 Å². The second-order valence-corrected chi connectivity index (χ2v) is 10.2. The number of amides is 2. The Morgan fingerprint density at radius 2 is 1.58 bits per heavy atom. The number of aromatic nitrogens is 2. The van der Waals surface area contributed by atoms with Crippen LogP contribution < -0.4 is 4.90 Å². The summed E-state index contributed by atoms with van der Waals surface area (Å²) in [6, 6.07) is 19.7. The Balaban J connectivity index is 1.19. The van der Waals surface area contributed by atoms with Crippen molar-refractivity contribution in [1.82, 2.24) is 20.0 Å². The number of carbonyl (C=O) groups excluding carboxylic acids is 2. The number of ether oxygens (including phenoxy) is 1. The van der Waals surface area contributed by atoms with E-state index in [-0.39, 0.29) is 24.5 Å². The lowest BCUT2D eigenvalue weighted by Crippen LogP contribution is -2.52. The third kappa shape index (κ3) is 6.19. The molecule has 2 fully saturated rings. The maximum atomic E-state index is 13.3. The zero-order valence-electron chi connectivity index (χ0n) is 22.2. The molecule has 2 aromatic carbocycles. The van der Waals surface area contributed by atoms with Crippen LogP contribution in [0.4, 0.5) is 5.82 Å². The first-order chi connectivity index (χ1) is 18.5. The maximum absolute atomic E-state index is 13.3. The summed E-state index contributed by atoms with van der Waals surface area (Å²) in [5.41, 5.74) is 4.78. The summed E-state index contributed by atoms with van der Waals surface area (Å²) in [5.74, 6) is 0.642. The molecule has 1 aromatic heterocycles. The summed E-state index contributed by atoms with van der Waals surface area (Å²) in [6.45, 7) is 7.74. The third-order valence-corrected chi connectivity index (χ3v) is 7.31. The highest BCUT2D eigenvalue weighted by atomic mass is 16.5. The summed E-state index contributed by atoms with van der Waals surface area (Å²) in [6.07, 6.45) is 1.88. The van der Waals surface area contributed by atoms with Gasteiger partial charge in [0.15, 0.2) is 5.82 Å². The van der Waals surface area contributed by atoms with Crippen molar-refractivity contribution in [3.63, 3.8) is 0 Å². The molecule has 0 spiro atoms. The second kappa shape index (κ2) is 11.7. The number of nitrogens with zero attached hydrogens (tertiary/aromatic N) is 5. The minimum absolute atomic E-state index is 0.0181. The molecule has 8 heteroatoms. The zero-order chi connectivity index (χ0) is 26.5. The molecule has 2 amide bonds. The molecule has 3 heterocycles. The number of benzene rings is 2. The van der Waals surface area contributed by atoms with Crippen LogP contribution in [0.1, 0.15) is 34.3 Å². The molecule has 2 aliphatic rings. The Labute approximate surface area is 224 Å². The van der Waals surface area contributed by atoms with Crippen molar-refractivity contribution in [2.24, 2.45) is 0 Å². The fourth-order valence-electron chi connectivity index (χ4n) is 4.95. The van der Waals surface area contributed by atoms with Gasteiger partial charge in [0.2, 0.25) is 5.91 Å². The van der Waals surface area contributed by atoms with Crippen molar-refractivity contribution in [2.75, 3.05) is 50.8 Å². The SMILES string of the molecule is Cc1ccc(C(=O)N(CC(=O)N2CCN(c3ccc(-c4ccc(C)cc4)nn3)CC2)C[C@H]2CCCO2)cc1. The van der Waals surface area contributed by atoms with Crippen LogP contribution in [0, 0.1) is 13.8 Å². The first-order valence-corrected chi connectivity index (χ1v) is 13.4. The predicted molar refractivity (Wildman–Crippen MR) is 147 cm³/mol. The van der Waals surface area contributed by atoms with E-state index >= 15 is 0 Å². The van der Waals surface area contributed by atoms with Crippen molar-refractivity contribution < 1.29 is 14.3 Å². The number of piperazine rings is 1. The standard InChI is InChI=1S/C30H35N5O3/c1-22-5-9-24(10-6-22)27-13-14-28(32-31-27)33-15-17-34(18-16-33)29(36)21-35(20-26-4-3-19-38-26)30(37)25-11-7-23(2)8-12-25/h5-14,26H,3-4,15-21H2,1-2H3/t26-/m1/s1. The summed E-state index contributed by atoms with van der Waals surface area (Å²) in [7, 11) is 0. The molecular formula is C30H35N5O3. The molecule has 8 nitrogen and oxygen atoms in total. The van der Waals surface area contributed by atoms with Crippen LogP contribution in [0.15, 0.2) is 60.7 Å². The Morgan fingerprint density at radius 3 is 2.18 bits per heavy atom. The Morgan fingerprint density at radius 1 is 0.895 bits per heavy atom. The quantitative estimate of drug-likeness (QED) is 0.479.